The molecule has 1 aliphatic heterocycles. The fourth-order valence-corrected chi connectivity index (χ4v) is 3.71. The highest BCUT2D eigenvalue weighted by Crippen LogP contribution is 2.29. The van der Waals surface area contributed by atoms with Crippen LogP contribution >= 0.6 is 0 Å². The summed E-state index contributed by atoms with van der Waals surface area (Å²) in [6.45, 7) is 7.16. The minimum Gasteiger partial charge on any atom is -0.466 e. The molecule has 1 saturated heterocycles. The van der Waals surface area contributed by atoms with Gasteiger partial charge in [-0.3, -0.25) is 4.79 Å². The summed E-state index contributed by atoms with van der Waals surface area (Å²) in [6.07, 6.45) is -0.376. The molecule has 0 aliphatic carbocycles. The highest BCUT2D eigenvalue weighted by atomic mass is 16.8. The number of hydrogen-bond acceptors (Lipinski definition) is 6. The van der Waals surface area contributed by atoms with Gasteiger partial charge in [0, 0.05) is 6.42 Å². The molecule has 0 bridgehead atoms. The molecule has 0 unspecified atom stereocenters. The Labute approximate surface area is 190 Å². The summed E-state index contributed by atoms with van der Waals surface area (Å²) in [6, 6.07) is 19.9. The zero-order chi connectivity index (χ0) is 22.8. The van der Waals surface area contributed by atoms with Crippen LogP contribution in [-0.2, 0) is 41.7 Å². The molecule has 1 aliphatic rings. The zero-order valence-electron chi connectivity index (χ0n) is 19.2. The van der Waals surface area contributed by atoms with Gasteiger partial charge in [0.2, 0.25) is 0 Å². The zero-order valence-corrected chi connectivity index (χ0v) is 19.2. The predicted molar refractivity (Wildman–Crippen MR) is 121 cm³/mol. The van der Waals surface area contributed by atoms with Crippen LogP contribution in [0.1, 0.15) is 44.7 Å². The van der Waals surface area contributed by atoms with E-state index >= 15 is 0 Å². The van der Waals surface area contributed by atoms with Crippen LogP contribution in [0.3, 0.4) is 0 Å². The van der Waals surface area contributed by atoms with E-state index in [1.165, 1.54) is 0 Å². The van der Waals surface area contributed by atoms with Gasteiger partial charge in [-0.15, -0.1) is 0 Å². The second-order valence-electron chi connectivity index (χ2n) is 8.31. The molecule has 0 radical (unpaired) electrons. The van der Waals surface area contributed by atoms with E-state index in [4.69, 9.17) is 23.7 Å². The van der Waals surface area contributed by atoms with Crippen molar-refractivity contribution >= 4 is 5.97 Å². The molecule has 0 amide bonds. The summed E-state index contributed by atoms with van der Waals surface area (Å²) in [5.41, 5.74) is 2.11. The van der Waals surface area contributed by atoms with Gasteiger partial charge in [-0.25, -0.2) is 0 Å². The number of esters is 1. The Bertz CT molecular complexity index is 808. The van der Waals surface area contributed by atoms with E-state index < -0.39 is 11.9 Å². The van der Waals surface area contributed by atoms with Gasteiger partial charge in [0.25, 0.3) is 0 Å². The molecule has 0 saturated carbocycles. The molecule has 6 heteroatoms. The van der Waals surface area contributed by atoms with Crippen LogP contribution in [0.15, 0.2) is 60.7 Å². The van der Waals surface area contributed by atoms with Crippen molar-refractivity contribution in [3.05, 3.63) is 71.8 Å². The molecule has 2 aromatic carbocycles. The quantitative estimate of drug-likeness (QED) is 0.446. The summed E-state index contributed by atoms with van der Waals surface area (Å²) < 4.78 is 29.8. The average Bonchev–Trinajstić information content (AvgIpc) is 3.16. The predicted octanol–water partition coefficient (Wildman–Crippen LogP) is 4.65. The van der Waals surface area contributed by atoms with Crippen molar-refractivity contribution in [3.63, 3.8) is 0 Å². The Morgan fingerprint density at radius 3 is 2.12 bits per heavy atom. The van der Waals surface area contributed by atoms with Crippen molar-refractivity contribution in [2.75, 3.05) is 13.2 Å². The first-order valence-corrected chi connectivity index (χ1v) is 11.3. The molecular weight excluding hydrogens is 408 g/mol. The highest BCUT2D eigenvalue weighted by Gasteiger charge is 2.42. The van der Waals surface area contributed by atoms with Crippen LogP contribution in [-0.4, -0.2) is 43.3 Å². The van der Waals surface area contributed by atoms with E-state index in [1.807, 2.05) is 74.5 Å². The van der Waals surface area contributed by atoms with Gasteiger partial charge in [-0.1, -0.05) is 60.7 Å². The van der Waals surface area contributed by atoms with Gasteiger partial charge in [-0.2, -0.15) is 0 Å². The maximum Gasteiger partial charge on any atom is 0.305 e. The van der Waals surface area contributed by atoms with Gasteiger partial charge in [0.05, 0.1) is 32.5 Å². The Hall–Kier alpha value is -2.25. The molecule has 1 fully saturated rings. The molecule has 0 spiro atoms. The average molecular weight is 443 g/mol. The maximum absolute atomic E-state index is 12.1. The fourth-order valence-electron chi connectivity index (χ4n) is 3.71. The first-order chi connectivity index (χ1) is 15.5. The fraction of sp³-hybridized carbons (Fsp3) is 0.500. The van der Waals surface area contributed by atoms with Gasteiger partial charge in [-0.05, 0) is 38.3 Å². The third kappa shape index (κ3) is 7.71. The lowest BCUT2D eigenvalue weighted by Crippen LogP contribution is -2.43. The molecule has 1 heterocycles. The van der Waals surface area contributed by atoms with Crippen molar-refractivity contribution in [1.82, 2.24) is 0 Å². The molecule has 32 heavy (non-hydrogen) atoms. The van der Waals surface area contributed by atoms with Crippen LogP contribution in [0.4, 0.5) is 0 Å². The molecule has 0 N–H and O–H groups in total. The van der Waals surface area contributed by atoms with Crippen LogP contribution < -0.4 is 0 Å². The number of ether oxygens (including phenoxy) is 5. The molecule has 2 aromatic rings. The minimum absolute atomic E-state index is 0.244. The molecule has 174 valence electrons. The van der Waals surface area contributed by atoms with Gasteiger partial charge < -0.3 is 23.7 Å². The van der Waals surface area contributed by atoms with Crippen LogP contribution in [0.2, 0.25) is 0 Å². The van der Waals surface area contributed by atoms with Gasteiger partial charge in [0.1, 0.15) is 12.2 Å². The summed E-state index contributed by atoms with van der Waals surface area (Å²) in [4.78, 5) is 12.1. The van der Waals surface area contributed by atoms with Crippen molar-refractivity contribution in [3.8, 4) is 0 Å². The summed E-state index contributed by atoms with van der Waals surface area (Å²) >= 11 is 0. The first-order valence-electron chi connectivity index (χ1n) is 11.3. The van der Waals surface area contributed by atoms with Crippen LogP contribution in [0.25, 0.3) is 0 Å². The summed E-state index contributed by atoms with van der Waals surface area (Å²) in [5.74, 6) is -0.934. The Balaban J connectivity index is 1.75. The molecule has 3 rings (SSSR count). The molecule has 6 nitrogen and oxygen atoms in total. The topological polar surface area (TPSA) is 63.2 Å². The Morgan fingerprint density at radius 2 is 1.59 bits per heavy atom. The van der Waals surface area contributed by atoms with E-state index in [9.17, 15) is 4.79 Å². The maximum atomic E-state index is 12.1. The third-order valence-corrected chi connectivity index (χ3v) is 5.29. The molecule has 3 atom stereocenters. The van der Waals surface area contributed by atoms with E-state index in [1.54, 1.807) is 6.92 Å². The SMILES string of the molecule is CCOC(=O)CC[C@@H](OCc1ccccc1)[C@H](OCc1ccccc1)[C@H]1COC(C)(C)O1. The van der Waals surface area contributed by atoms with Crippen LogP contribution in [0.5, 0.6) is 0 Å². The monoisotopic (exact) mass is 442 g/mol. The number of hydrogen-bond donors (Lipinski definition) is 0. The number of carbonyl (C=O) groups excluding carboxylic acids is 1. The lowest BCUT2D eigenvalue weighted by atomic mass is 10.0. The molecular formula is C26H34O6. The number of carbonyl (C=O) groups is 1. The minimum atomic E-state index is -0.690. The number of benzene rings is 2. The summed E-state index contributed by atoms with van der Waals surface area (Å²) in [5, 5.41) is 0. The second kappa shape index (κ2) is 12.1. The first kappa shape index (κ1) is 24.4. The highest BCUT2D eigenvalue weighted by molar-refractivity contribution is 5.69. The molecule has 0 aromatic heterocycles. The van der Waals surface area contributed by atoms with Gasteiger partial charge in [0.15, 0.2) is 5.79 Å². The van der Waals surface area contributed by atoms with E-state index in [2.05, 4.69) is 0 Å². The normalized spacial score (nSPS) is 19.4. The van der Waals surface area contributed by atoms with Crippen molar-refractivity contribution in [2.45, 2.75) is 70.9 Å². The Morgan fingerprint density at radius 1 is 1.00 bits per heavy atom. The number of rotatable bonds is 12. The van der Waals surface area contributed by atoms with Crippen molar-refractivity contribution < 1.29 is 28.5 Å². The standard InChI is InChI=1S/C26H34O6/c1-4-28-24(27)16-15-22(29-17-20-11-7-5-8-12-20)25(23-19-31-26(2,3)32-23)30-18-21-13-9-6-10-14-21/h5-14,22-23,25H,4,15-19H2,1-3H3/t22-,23-,25+/m1/s1. The van der Waals surface area contributed by atoms with Crippen molar-refractivity contribution in [2.24, 2.45) is 0 Å². The van der Waals surface area contributed by atoms with Crippen molar-refractivity contribution in [1.29, 1.82) is 0 Å². The van der Waals surface area contributed by atoms with E-state index in [-0.39, 0.29) is 24.6 Å². The van der Waals surface area contributed by atoms with Crippen LogP contribution in [0, 0.1) is 0 Å². The third-order valence-electron chi connectivity index (χ3n) is 5.29. The smallest absolute Gasteiger partial charge is 0.305 e. The van der Waals surface area contributed by atoms with E-state index in [0.29, 0.717) is 32.8 Å². The Kier molecular flexibility index (Phi) is 9.23. The summed E-state index contributed by atoms with van der Waals surface area (Å²) in [7, 11) is 0. The van der Waals surface area contributed by atoms with Gasteiger partial charge >= 0.3 is 5.97 Å². The lowest BCUT2D eigenvalue weighted by Gasteiger charge is -2.31. The second-order valence-corrected chi connectivity index (χ2v) is 8.31. The largest absolute Gasteiger partial charge is 0.466 e. The van der Waals surface area contributed by atoms with E-state index in [0.717, 1.165) is 11.1 Å². The lowest BCUT2D eigenvalue weighted by molar-refractivity contribution is -0.181.